The van der Waals surface area contributed by atoms with Crippen molar-refractivity contribution < 1.29 is 19.1 Å². The topological polar surface area (TPSA) is 77.9 Å². The highest BCUT2D eigenvalue weighted by Crippen LogP contribution is 2.46. The molecule has 182 valence electrons. The van der Waals surface area contributed by atoms with Crippen LogP contribution in [0, 0.1) is 5.92 Å². The van der Waals surface area contributed by atoms with E-state index in [0.29, 0.717) is 29.9 Å². The van der Waals surface area contributed by atoms with Gasteiger partial charge in [0.25, 0.3) is 0 Å². The molecule has 0 N–H and O–H groups in total. The average molecular weight is 481 g/mol. The van der Waals surface area contributed by atoms with E-state index in [9.17, 15) is 9.59 Å². The summed E-state index contributed by atoms with van der Waals surface area (Å²) in [5.41, 5.74) is 4.05. The van der Waals surface area contributed by atoms with Crippen molar-refractivity contribution in [2.45, 2.75) is 31.6 Å². The number of esters is 1. The zero-order valence-electron chi connectivity index (χ0n) is 20.2. The Bertz CT molecular complexity index is 1290. The number of carbonyl (C=O) groups is 2. The molecule has 0 saturated heterocycles. The van der Waals surface area contributed by atoms with Crippen molar-refractivity contribution in [3.63, 3.8) is 0 Å². The van der Waals surface area contributed by atoms with Crippen LogP contribution in [0.4, 0.5) is 0 Å². The normalized spacial score (nSPS) is 21.4. The third-order valence-corrected chi connectivity index (χ3v) is 6.82. The number of hydrogen-bond acceptors (Lipinski definition) is 6. The third kappa shape index (κ3) is 4.98. The molecular weight excluding hydrogens is 452 g/mol. The maximum atomic E-state index is 13.6. The minimum Gasteiger partial charge on any atom is -0.490 e. The number of rotatable bonds is 7. The Balaban J connectivity index is 1.39. The summed E-state index contributed by atoms with van der Waals surface area (Å²) in [6.07, 6.45) is 4.43. The van der Waals surface area contributed by atoms with Gasteiger partial charge in [0.05, 0.1) is 0 Å². The van der Waals surface area contributed by atoms with Gasteiger partial charge in [-0.2, -0.15) is 0 Å². The summed E-state index contributed by atoms with van der Waals surface area (Å²) in [5.74, 6) is -0.708. The monoisotopic (exact) mass is 480 g/mol. The highest BCUT2D eigenvalue weighted by atomic mass is 16.6. The van der Waals surface area contributed by atoms with Gasteiger partial charge in [-0.1, -0.05) is 48.5 Å². The van der Waals surface area contributed by atoms with Gasteiger partial charge in [-0.05, 0) is 54.7 Å². The van der Waals surface area contributed by atoms with E-state index in [2.05, 4.69) is 17.1 Å². The van der Waals surface area contributed by atoms with Gasteiger partial charge in [-0.3, -0.25) is 19.6 Å². The van der Waals surface area contributed by atoms with E-state index < -0.39 is 17.8 Å². The summed E-state index contributed by atoms with van der Waals surface area (Å²) in [5, 5.41) is 0. The van der Waals surface area contributed by atoms with Gasteiger partial charge in [0.1, 0.15) is 24.9 Å². The molecule has 3 aromatic rings. The lowest BCUT2D eigenvalue weighted by molar-refractivity contribution is -0.147. The van der Waals surface area contributed by atoms with Crippen molar-refractivity contribution in [2.24, 2.45) is 10.9 Å². The molecule has 0 amide bonds. The molecule has 3 atom stereocenters. The Morgan fingerprint density at radius 3 is 2.31 bits per heavy atom. The minimum atomic E-state index is -0.680. The Kier molecular flexibility index (Phi) is 7.03. The van der Waals surface area contributed by atoms with E-state index in [1.807, 2.05) is 67.6 Å². The van der Waals surface area contributed by atoms with Crippen LogP contribution in [0.15, 0.2) is 101 Å². The number of pyridine rings is 1. The molecule has 2 aliphatic rings. The van der Waals surface area contributed by atoms with E-state index >= 15 is 0 Å². The van der Waals surface area contributed by atoms with Crippen LogP contribution in [0.3, 0.4) is 0 Å². The molecule has 0 saturated carbocycles. The molecule has 1 unspecified atom stereocenters. The maximum Gasteiger partial charge on any atom is 0.315 e. The van der Waals surface area contributed by atoms with E-state index in [1.54, 1.807) is 12.4 Å². The van der Waals surface area contributed by atoms with Crippen LogP contribution in [0.5, 0.6) is 5.75 Å². The number of allylic oxidation sites excluding steroid dienone is 2. The number of benzene rings is 2. The Morgan fingerprint density at radius 1 is 0.889 bits per heavy atom. The van der Waals surface area contributed by atoms with Crippen LogP contribution in [0.25, 0.3) is 0 Å². The number of ether oxygens (including phenoxy) is 2. The number of para-hydroxylation sites is 1. The van der Waals surface area contributed by atoms with Crippen LogP contribution in [-0.2, 0) is 14.3 Å². The lowest BCUT2D eigenvalue weighted by Crippen LogP contribution is -2.38. The van der Waals surface area contributed by atoms with E-state index in [-0.39, 0.29) is 24.9 Å². The first-order valence-electron chi connectivity index (χ1n) is 12.2. The summed E-state index contributed by atoms with van der Waals surface area (Å²) in [6.45, 7) is 2.20. The highest BCUT2D eigenvalue weighted by Gasteiger charge is 2.44. The molecule has 6 nitrogen and oxygen atoms in total. The number of ketones is 1. The number of aliphatic imine (C=N–C) groups is 1. The fraction of sp³-hybridized carbons (Fsp3) is 0.267. The van der Waals surface area contributed by atoms with Crippen molar-refractivity contribution >= 4 is 17.5 Å². The second-order valence-corrected chi connectivity index (χ2v) is 9.12. The van der Waals surface area contributed by atoms with Crippen LogP contribution < -0.4 is 4.74 Å². The number of hydrogen-bond donors (Lipinski definition) is 0. The zero-order chi connectivity index (χ0) is 24.9. The molecular formula is C30H28N2O4. The predicted octanol–water partition coefficient (Wildman–Crippen LogP) is 5.28. The molecule has 2 heterocycles. The standard InChI is InChI=1S/C30H28N2O4/c1-20-27(30(34)36-17-16-35-24-10-6-3-7-11-24)28(22-12-14-31-15-13-22)29-25(32-20)18-23(19-26(29)33)21-8-4-2-5-9-21/h2-15,23,27-28H,16-19H2,1H3/t23-,27?,28-/m0/s1. The minimum absolute atomic E-state index is 0.0355. The van der Waals surface area contributed by atoms with Crippen molar-refractivity contribution in [1.29, 1.82) is 0 Å². The van der Waals surface area contributed by atoms with Gasteiger partial charge in [0, 0.05) is 41.7 Å². The van der Waals surface area contributed by atoms with Crippen molar-refractivity contribution in [3.05, 3.63) is 108 Å². The first kappa shape index (κ1) is 23.7. The van der Waals surface area contributed by atoms with Crippen molar-refractivity contribution in [1.82, 2.24) is 4.98 Å². The van der Waals surface area contributed by atoms with Crippen LogP contribution in [-0.4, -0.2) is 35.7 Å². The van der Waals surface area contributed by atoms with Crippen LogP contribution in [0.2, 0.25) is 0 Å². The molecule has 5 rings (SSSR count). The predicted molar refractivity (Wildman–Crippen MR) is 137 cm³/mol. The summed E-state index contributed by atoms with van der Waals surface area (Å²) in [4.78, 5) is 35.9. The molecule has 0 fully saturated rings. The van der Waals surface area contributed by atoms with Gasteiger partial charge in [-0.25, -0.2) is 0 Å². The van der Waals surface area contributed by atoms with Gasteiger partial charge in [0.2, 0.25) is 0 Å². The lowest BCUT2D eigenvalue weighted by Gasteiger charge is -2.36. The van der Waals surface area contributed by atoms with Gasteiger partial charge >= 0.3 is 5.97 Å². The summed E-state index contributed by atoms with van der Waals surface area (Å²) in [6, 6.07) is 23.2. The molecule has 1 aromatic heterocycles. The van der Waals surface area contributed by atoms with Gasteiger partial charge in [0.15, 0.2) is 5.78 Å². The fourth-order valence-corrected chi connectivity index (χ4v) is 5.17. The first-order chi connectivity index (χ1) is 17.6. The van der Waals surface area contributed by atoms with Crippen molar-refractivity contribution in [3.8, 4) is 5.75 Å². The SMILES string of the molecule is CC1=NC2=C(C(=O)C[C@@H](c3ccccc3)C2)[C@@H](c2ccncc2)C1C(=O)OCCOc1ccccc1. The Labute approximate surface area is 210 Å². The van der Waals surface area contributed by atoms with E-state index in [4.69, 9.17) is 14.5 Å². The third-order valence-electron chi connectivity index (χ3n) is 6.82. The molecule has 0 spiro atoms. The fourth-order valence-electron chi connectivity index (χ4n) is 5.17. The second kappa shape index (κ2) is 10.7. The van der Waals surface area contributed by atoms with Crippen molar-refractivity contribution in [2.75, 3.05) is 13.2 Å². The first-order valence-corrected chi connectivity index (χ1v) is 12.2. The number of carbonyl (C=O) groups excluding carboxylic acids is 2. The van der Waals surface area contributed by atoms with E-state index in [0.717, 1.165) is 16.8 Å². The Hall–Kier alpha value is -4.06. The largest absolute Gasteiger partial charge is 0.490 e. The number of aromatic nitrogens is 1. The molecule has 0 radical (unpaired) electrons. The maximum absolute atomic E-state index is 13.6. The summed E-state index contributed by atoms with van der Waals surface area (Å²) < 4.78 is 11.3. The van der Waals surface area contributed by atoms with Gasteiger partial charge in [-0.15, -0.1) is 0 Å². The summed E-state index contributed by atoms with van der Waals surface area (Å²) >= 11 is 0. The zero-order valence-corrected chi connectivity index (χ0v) is 20.2. The molecule has 1 aliphatic heterocycles. The second-order valence-electron chi connectivity index (χ2n) is 9.12. The van der Waals surface area contributed by atoms with Crippen LogP contribution >= 0.6 is 0 Å². The summed E-state index contributed by atoms with van der Waals surface area (Å²) in [7, 11) is 0. The molecule has 2 aromatic carbocycles. The van der Waals surface area contributed by atoms with Gasteiger partial charge < -0.3 is 9.47 Å². The molecule has 1 aliphatic carbocycles. The lowest BCUT2D eigenvalue weighted by atomic mass is 9.69. The average Bonchev–Trinajstić information content (AvgIpc) is 2.91. The number of Topliss-reactive ketones (excluding diaryl/α,β-unsaturated/α-hetero) is 1. The Morgan fingerprint density at radius 2 is 1.58 bits per heavy atom. The quantitative estimate of drug-likeness (QED) is 0.340. The molecule has 0 bridgehead atoms. The smallest absolute Gasteiger partial charge is 0.315 e. The molecule has 6 heteroatoms. The highest BCUT2D eigenvalue weighted by molar-refractivity contribution is 6.09. The number of nitrogens with zero attached hydrogens (tertiary/aromatic N) is 2. The molecule has 36 heavy (non-hydrogen) atoms. The van der Waals surface area contributed by atoms with E-state index in [1.165, 1.54) is 0 Å². The van der Waals surface area contributed by atoms with Crippen LogP contribution in [0.1, 0.15) is 42.7 Å².